The summed E-state index contributed by atoms with van der Waals surface area (Å²) in [6, 6.07) is 24.5. The molecule has 1 atom stereocenters. The molecule has 6 nitrogen and oxygen atoms in total. The molecule has 1 N–H and O–H groups in total. The number of para-hydroxylation sites is 1. The standard InChI is InChI=1S/C27H26N2O4/c1-20-27(31)29(17-8-18-32-23-11-6-3-7-12-23)24-19-22(14-15-25(24)33-20)28-26(30)16-13-21-9-4-2-5-10-21/h2-7,9-16,19-20H,8,17-18H2,1H3,(H,28,30)/b16-13+. The quantitative estimate of drug-likeness (QED) is 0.397. The molecule has 33 heavy (non-hydrogen) atoms. The summed E-state index contributed by atoms with van der Waals surface area (Å²) in [7, 11) is 0. The first-order valence-electron chi connectivity index (χ1n) is 10.9. The zero-order chi connectivity index (χ0) is 23.0. The predicted molar refractivity (Wildman–Crippen MR) is 130 cm³/mol. The van der Waals surface area contributed by atoms with E-state index in [2.05, 4.69) is 5.32 Å². The lowest BCUT2D eigenvalue weighted by atomic mass is 10.1. The van der Waals surface area contributed by atoms with Crippen LogP contribution in [0.15, 0.2) is 84.9 Å². The smallest absolute Gasteiger partial charge is 0.267 e. The number of nitrogens with one attached hydrogen (secondary N) is 1. The van der Waals surface area contributed by atoms with Crippen molar-refractivity contribution < 1.29 is 19.1 Å². The van der Waals surface area contributed by atoms with Gasteiger partial charge in [-0.3, -0.25) is 9.59 Å². The number of ether oxygens (including phenoxy) is 2. The minimum Gasteiger partial charge on any atom is -0.494 e. The molecule has 3 aromatic carbocycles. The van der Waals surface area contributed by atoms with Crippen LogP contribution >= 0.6 is 0 Å². The summed E-state index contributed by atoms with van der Waals surface area (Å²) >= 11 is 0. The Kier molecular flexibility index (Phi) is 7.05. The SMILES string of the molecule is CC1Oc2ccc(NC(=O)/C=C/c3ccccc3)cc2N(CCCOc2ccccc2)C1=O. The van der Waals surface area contributed by atoms with Gasteiger partial charge in [0.25, 0.3) is 5.91 Å². The van der Waals surface area contributed by atoms with Gasteiger partial charge in [0, 0.05) is 18.3 Å². The number of fused-ring (bicyclic) bond motifs is 1. The Morgan fingerprint density at radius 1 is 1.06 bits per heavy atom. The maximum atomic E-state index is 12.8. The molecule has 0 aliphatic carbocycles. The largest absolute Gasteiger partial charge is 0.494 e. The van der Waals surface area contributed by atoms with Crippen LogP contribution in [0.2, 0.25) is 0 Å². The van der Waals surface area contributed by atoms with Gasteiger partial charge in [0.1, 0.15) is 11.5 Å². The first-order valence-corrected chi connectivity index (χ1v) is 10.9. The van der Waals surface area contributed by atoms with Crippen molar-refractivity contribution in [3.8, 4) is 11.5 Å². The van der Waals surface area contributed by atoms with Crippen molar-refractivity contribution in [1.29, 1.82) is 0 Å². The van der Waals surface area contributed by atoms with Crippen LogP contribution in [0.25, 0.3) is 6.08 Å². The highest BCUT2D eigenvalue weighted by Crippen LogP contribution is 2.36. The predicted octanol–water partition coefficient (Wildman–Crippen LogP) is 4.92. The lowest BCUT2D eigenvalue weighted by Gasteiger charge is -2.33. The van der Waals surface area contributed by atoms with Gasteiger partial charge in [-0.05, 0) is 55.3 Å². The second-order valence-corrected chi connectivity index (χ2v) is 7.68. The van der Waals surface area contributed by atoms with E-state index in [4.69, 9.17) is 9.47 Å². The summed E-state index contributed by atoms with van der Waals surface area (Å²) in [6.45, 7) is 2.71. The summed E-state index contributed by atoms with van der Waals surface area (Å²) < 4.78 is 11.5. The van der Waals surface area contributed by atoms with Crippen molar-refractivity contribution in [2.75, 3.05) is 23.4 Å². The van der Waals surface area contributed by atoms with Gasteiger partial charge >= 0.3 is 0 Å². The summed E-state index contributed by atoms with van der Waals surface area (Å²) in [5.41, 5.74) is 2.17. The van der Waals surface area contributed by atoms with Crippen LogP contribution in [0, 0.1) is 0 Å². The van der Waals surface area contributed by atoms with Crippen molar-refractivity contribution in [1.82, 2.24) is 0 Å². The molecule has 3 aromatic rings. The van der Waals surface area contributed by atoms with Crippen molar-refractivity contribution in [2.24, 2.45) is 0 Å². The minimum atomic E-state index is -0.568. The molecule has 0 bridgehead atoms. The van der Waals surface area contributed by atoms with E-state index in [0.29, 0.717) is 36.7 Å². The Balaban J connectivity index is 1.42. The number of rotatable bonds is 8. The maximum absolute atomic E-state index is 12.8. The highest BCUT2D eigenvalue weighted by atomic mass is 16.5. The van der Waals surface area contributed by atoms with Gasteiger partial charge in [-0.2, -0.15) is 0 Å². The molecule has 0 saturated carbocycles. The number of nitrogens with zero attached hydrogens (tertiary/aromatic N) is 1. The van der Waals surface area contributed by atoms with Crippen LogP contribution in [0.4, 0.5) is 11.4 Å². The Morgan fingerprint density at radius 2 is 1.79 bits per heavy atom. The lowest BCUT2D eigenvalue weighted by Crippen LogP contribution is -2.45. The van der Waals surface area contributed by atoms with Crippen LogP contribution in [0.3, 0.4) is 0 Å². The van der Waals surface area contributed by atoms with E-state index in [-0.39, 0.29) is 11.8 Å². The second kappa shape index (κ2) is 10.5. The minimum absolute atomic E-state index is 0.116. The fraction of sp³-hybridized carbons (Fsp3) is 0.185. The second-order valence-electron chi connectivity index (χ2n) is 7.68. The number of amides is 2. The highest BCUT2D eigenvalue weighted by molar-refractivity contribution is 6.04. The summed E-state index contributed by atoms with van der Waals surface area (Å²) in [4.78, 5) is 26.9. The third kappa shape index (κ3) is 5.80. The van der Waals surface area contributed by atoms with E-state index in [0.717, 1.165) is 11.3 Å². The van der Waals surface area contributed by atoms with E-state index in [1.165, 1.54) is 6.08 Å². The number of carbonyl (C=O) groups excluding carboxylic acids is 2. The van der Waals surface area contributed by atoms with E-state index >= 15 is 0 Å². The van der Waals surface area contributed by atoms with E-state index in [9.17, 15) is 9.59 Å². The maximum Gasteiger partial charge on any atom is 0.267 e. The molecule has 1 aliphatic heterocycles. The molecule has 0 aromatic heterocycles. The van der Waals surface area contributed by atoms with Gasteiger partial charge < -0.3 is 19.7 Å². The van der Waals surface area contributed by atoms with Gasteiger partial charge in [0.2, 0.25) is 5.91 Å². The number of anilines is 2. The van der Waals surface area contributed by atoms with Crippen molar-refractivity contribution in [2.45, 2.75) is 19.4 Å². The molecule has 168 valence electrons. The van der Waals surface area contributed by atoms with Crippen molar-refractivity contribution >= 4 is 29.3 Å². The zero-order valence-corrected chi connectivity index (χ0v) is 18.4. The van der Waals surface area contributed by atoms with Crippen LogP contribution < -0.4 is 19.7 Å². The molecule has 4 rings (SSSR count). The Morgan fingerprint density at radius 3 is 2.55 bits per heavy atom. The molecular formula is C27H26N2O4. The first-order chi connectivity index (χ1) is 16.1. The van der Waals surface area contributed by atoms with Gasteiger partial charge in [-0.15, -0.1) is 0 Å². The average molecular weight is 443 g/mol. The van der Waals surface area contributed by atoms with Crippen LogP contribution in [0.1, 0.15) is 18.9 Å². The van der Waals surface area contributed by atoms with Crippen LogP contribution in [-0.2, 0) is 9.59 Å². The summed E-state index contributed by atoms with van der Waals surface area (Å²) in [6.07, 6.45) is 3.32. The van der Waals surface area contributed by atoms with Gasteiger partial charge in [0.05, 0.1) is 12.3 Å². The number of hydrogen-bond donors (Lipinski definition) is 1. The molecular weight excluding hydrogens is 416 g/mol. The molecule has 0 spiro atoms. The number of benzene rings is 3. The third-order valence-corrected chi connectivity index (χ3v) is 5.20. The van der Waals surface area contributed by atoms with Gasteiger partial charge in [-0.1, -0.05) is 48.5 Å². The first kappa shape index (κ1) is 22.1. The Labute approximate surface area is 193 Å². The van der Waals surface area contributed by atoms with Gasteiger partial charge in [0.15, 0.2) is 6.10 Å². The number of hydrogen-bond acceptors (Lipinski definition) is 4. The Bertz CT molecular complexity index is 1130. The van der Waals surface area contributed by atoms with Crippen LogP contribution in [-0.4, -0.2) is 31.1 Å². The molecule has 0 radical (unpaired) electrons. The molecule has 2 amide bonds. The van der Waals surface area contributed by atoms with E-state index in [1.807, 2.05) is 60.7 Å². The molecule has 1 unspecified atom stereocenters. The average Bonchev–Trinajstić information content (AvgIpc) is 2.84. The van der Waals surface area contributed by atoms with Crippen molar-refractivity contribution in [3.05, 3.63) is 90.5 Å². The fourth-order valence-electron chi connectivity index (χ4n) is 3.56. The molecule has 1 heterocycles. The van der Waals surface area contributed by atoms with E-state index in [1.54, 1.807) is 36.1 Å². The highest BCUT2D eigenvalue weighted by Gasteiger charge is 2.31. The lowest BCUT2D eigenvalue weighted by molar-refractivity contribution is -0.125. The van der Waals surface area contributed by atoms with E-state index < -0.39 is 6.10 Å². The summed E-state index contributed by atoms with van der Waals surface area (Å²) in [5.74, 6) is 1.05. The normalized spacial score (nSPS) is 15.1. The zero-order valence-electron chi connectivity index (χ0n) is 18.4. The molecule has 6 heteroatoms. The fourth-order valence-corrected chi connectivity index (χ4v) is 3.56. The monoisotopic (exact) mass is 442 g/mol. The van der Waals surface area contributed by atoms with Crippen LogP contribution in [0.5, 0.6) is 11.5 Å². The molecule has 0 saturated heterocycles. The van der Waals surface area contributed by atoms with Gasteiger partial charge in [-0.25, -0.2) is 0 Å². The summed E-state index contributed by atoms with van der Waals surface area (Å²) in [5, 5.41) is 2.85. The third-order valence-electron chi connectivity index (χ3n) is 5.20. The molecule has 1 aliphatic rings. The number of carbonyl (C=O) groups is 2. The Hall–Kier alpha value is -4.06. The molecule has 0 fully saturated rings. The van der Waals surface area contributed by atoms with Crippen molar-refractivity contribution in [3.63, 3.8) is 0 Å². The topological polar surface area (TPSA) is 67.9 Å².